The van der Waals surface area contributed by atoms with E-state index in [2.05, 4.69) is 48.9 Å². The maximum atomic E-state index is 17.2. The lowest BCUT2D eigenvalue weighted by molar-refractivity contribution is -0.144. The molecule has 4 N–H and O–H groups in total. The van der Waals surface area contributed by atoms with Gasteiger partial charge >= 0.3 is 0 Å². The number of thiazole rings is 1. The number of anilines is 1. The van der Waals surface area contributed by atoms with Crippen LogP contribution in [0.15, 0.2) is 66.3 Å². The SMILES string of the molecule is C#Cc1c(F)ccc2cc(O)cc(-c3ncc4c(N5CC6CCC(C5)N6)nc(OC5CCCC(CCCCCCCCCCC(=O)N[C@@H](C(=O)N6CCC[C@@H]6C(=O)N[C@@H](C)c6ccc(-c7scnc7C)cc6)C(C)(C)C)C5)cc4c3F)c12. The number of ether oxygens (including phenoxy) is 1. The van der Waals surface area contributed by atoms with Crippen molar-refractivity contribution in [1.29, 1.82) is 0 Å². The Morgan fingerprint density at radius 3 is 2.33 bits per heavy atom. The molecule has 4 aliphatic rings. The smallest absolute Gasteiger partial charge is 0.246 e. The van der Waals surface area contributed by atoms with Gasteiger partial charge in [0.25, 0.3) is 0 Å². The second-order valence-corrected chi connectivity index (χ2v) is 25.5. The van der Waals surface area contributed by atoms with Crippen molar-refractivity contribution < 1.29 is 33.0 Å². The molecule has 82 heavy (non-hydrogen) atoms. The third kappa shape index (κ3) is 13.4. The van der Waals surface area contributed by atoms with E-state index < -0.39 is 29.1 Å². The number of carbonyl (C=O) groups excluding carboxylic acids is 3. The van der Waals surface area contributed by atoms with Gasteiger partial charge in [0.05, 0.1) is 27.7 Å². The lowest BCUT2D eigenvalue weighted by Crippen LogP contribution is -2.57. The van der Waals surface area contributed by atoms with Crippen LogP contribution in [0.25, 0.3) is 43.2 Å². The van der Waals surface area contributed by atoms with Crippen molar-refractivity contribution in [3.8, 4) is 45.7 Å². The molecule has 3 aromatic heterocycles. The number of rotatable bonds is 21. The second-order valence-electron chi connectivity index (χ2n) is 24.7. The molecule has 3 aliphatic heterocycles. The summed E-state index contributed by atoms with van der Waals surface area (Å²) in [5, 5.41) is 22.3. The molecule has 3 amide bonds. The molecule has 1 aliphatic carbocycles. The van der Waals surface area contributed by atoms with Gasteiger partial charge in [-0.2, -0.15) is 4.98 Å². The number of likely N-dealkylation sites (tertiary alicyclic amines) is 1. The number of hydrogen-bond donors (Lipinski definition) is 4. The maximum absolute atomic E-state index is 17.2. The molecule has 4 unspecified atom stereocenters. The van der Waals surface area contributed by atoms with Crippen LogP contribution in [-0.2, 0) is 14.4 Å². The number of aryl methyl sites for hydroxylation is 1. The molecule has 16 heteroatoms. The molecule has 6 aromatic rings. The molecular formula is C66H80F2N8O5S. The van der Waals surface area contributed by atoms with E-state index >= 15 is 8.78 Å². The number of fused-ring (bicyclic) bond motifs is 4. The number of aromatic hydroxyl groups is 1. The lowest BCUT2D eigenvalue weighted by Gasteiger charge is -2.35. The predicted octanol–water partition coefficient (Wildman–Crippen LogP) is 13.0. The predicted molar refractivity (Wildman–Crippen MR) is 322 cm³/mol. The van der Waals surface area contributed by atoms with E-state index in [1.54, 1.807) is 28.5 Å². The Morgan fingerprint density at radius 2 is 1.62 bits per heavy atom. The molecule has 3 aromatic carbocycles. The van der Waals surface area contributed by atoms with Crippen molar-refractivity contribution in [2.75, 3.05) is 24.5 Å². The minimum absolute atomic E-state index is 0.0184. The summed E-state index contributed by atoms with van der Waals surface area (Å²) in [6, 6.07) is 14.5. The van der Waals surface area contributed by atoms with E-state index in [-0.39, 0.29) is 52.4 Å². The molecule has 10 rings (SSSR count). The molecule has 0 spiro atoms. The minimum atomic E-state index is -0.744. The van der Waals surface area contributed by atoms with Crippen LogP contribution in [0, 0.1) is 42.2 Å². The number of nitrogens with one attached hydrogen (secondary N) is 3. The number of hydrogen-bond acceptors (Lipinski definition) is 11. The fourth-order valence-electron chi connectivity index (χ4n) is 13.2. The number of phenolic OH excluding ortho intramolecular Hbond substituents is 1. The normalized spacial score (nSPS) is 20.7. The van der Waals surface area contributed by atoms with Crippen LogP contribution < -0.4 is 25.6 Å². The molecule has 3 saturated heterocycles. The summed E-state index contributed by atoms with van der Waals surface area (Å²) < 4.78 is 39.0. The Balaban J connectivity index is 0.667. The summed E-state index contributed by atoms with van der Waals surface area (Å²) >= 11 is 1.61. The topological polar surface area (TPSA) is 162 Å². The van der Waals surface area contributed by atoms with E-state index in [0.717, 1.165) is 138 Å². The number of phenols is 1. The number of benzene rings is 3. The van der Waals surface area contributed by atoms with E-state index in [1.807, 2.05) is 52.3 Å². The molecular weight excluding hydrogens is 1050 g/mol. The molecule has 7 atom stereocenters. The highest BCUT2D eigenvalue weighted by molar-refractivity contribution is 7.13. The number of aromatic nitrogens is 3. The van der Waals surface area contributed by atoms with E-state index in [9.17, 15) is 19.5 Å². The minimum Gasteiger partial charge on any atom is -0.508 e. The van der Waals surface area contributed by atoms with Crippen LogP contribution in [0.5, 0.6) is 11.6 Å². The van der Waals surface area contributed by atoms with Gasteiger partial charge < -0.3 is 35.6 Å². The molecule has 2 bridgehead atoms. The zero-order chi connectivity index (χ0) is 57.7. The van der Waals surface area contributed by atoms with E-state index in [0.29, 0.717) is 70.6 Å². The lowest BCUT2D eigenvalue weighted by atomic mass is 9.84. The Labute approximate surface area is 485 Å². The van der Waals surface area contributed by atoms with Crippen molar-refractivity contribution in [1.82, 2.24) is 35.8 Å². The monoisotopic (exact) mass is 1130 g/mol. The summed E-state index contributed by atoms with van der Waals surface area (Å²) in [6.07, 6.45) is 24.8. The van der Waals surface area contributed by atoms with Crippen molar-refractivity contribution in [2.45, 2.75) is 187 Å². The zero-order valence-electron chi connectivity index (χ0n) is 48.3. The summed E-state index contributed by atoms with van der Waals surface area (Å²) in [5.74, 6) is 2.12. The van der Waals surface area contributed by atoms with Crippen molar-refractivity contribution in [3.05, 3.63) is 94.8 Å². The largest absolute Gasteiger partial charge is 0.508 e. The third-order valence-corrected chi connectivity index (χ3v) is 18.5. The Morgan fingerprint density at radius 1 is 0.890 bits per heavy atom. The first kappa shape index (κ1) is 58.5. The van der Waals surface area contributed by atoms with Crippen molar-refractivity contribution >= 4 is 56.4 Å². The van der Waals surface area contributed by atoms with Gasteiger partial charge in [-0.3, -0.25) is 19.4 Å². The molecule has 4 fully saturated rings. The Kier molecular flexibility index (Phi) is 18.4. The fourth-order valence-corrected chi connectivity index (χ4v) is 14.0. The fraction of sp³-hybridized carbons (Fsp3) is 0.515. The average molecular weight is 1140 g/mol. The number of pyridine rings is 2. The highest BCUT2D eigenvalue weighted by Gasteiger charge is 2.42. The molecule has 6 heterocycles. The number of piperazine rings is 1. The van der Waals surface area contributed by atoms with Gasteiger partial charge in [0.15, 0.2) is 5.82 Å². The summed E-state index contributed by atoms with van der Waals surface area (Å²) in [6.45, 7) is 11.8. The van der Waals surface area contributed by atoms with Gasteiger partial charge in [-0.05, 0) is 111 Å². The number of carbonyl (C=O) groups is 3. The van der Waals surface area contributed by atoms with Crippen LogP contribution >= 0.6 is 11.3 Å². The van der Waals surface area contributed by atoms with Gasteiger partial charge in [-0.25, -0.2) is 13.8 Å². The highest BCUT2D eigenvalue weighted by atomic mass is 32.1. The molecule has 0 radical (unpaired) electrons. The first-order valence-corrected chi connectivity index (χ1v) is 30.9. The summed E-state index contributed by atoms with van der Waals surface area (Å²) in [4.78, 5) is 60.4. The quantitative estimate of drug-likeness (QED) is 0.0403. The molecule has 1 saturated carbocycles. The Bertz CT molecular complexity index is 3310. The molecule has 13 nitrogen and oxygen atoms in total. The van der Waals surface area contributed by atoms with Crippen LogP contribution in [0.1, 0.15) is 166 Å². The third-order valence-electron chi connectivity index (χ3n) is 17.6. The van der Waals surface area contributed by atoms with Crippen molar-refractivity contribution in [3.63, 3.8) is 0 Å². The average Bonchev–Trinajstić information content (AvgIpc) is 3.98. The summed E-state index contributed by atoms with van der Waals surface area (Å²) in [5.41, 5.74) is 4.52. The molecule has 434 valence electrons. The van der Waals surface area contributed by atoms with Crippen LogP contribution in [0.3, 0.4) is 0 Å². The first-order chi connectivity index (χ1) is 39.5. The second kappa shape index (κ2) is 25.8. The van der Waals surface area contributed by atoms with Crippen LogP contribution in [0.2, 0.25) is 0 Å². The first-order valence-electron chi connectivity index (χ1n) is 30.0. The van der Waals surface area contributed by atoms with Crippen LogP contribution in [-0.4, -0.2) is 92.6 Å². The van der Waals surface area contributed by atoms with E-state index in [4.69, 9.17) is 16.1 Å². The number of halogens is 2. The highest BCUT2D eigenvalue weighted by Crippen LogP contribution is 2.41. The number of nitrogens with zero attached hydrogens (tertiary/aromatic N) is 5. The van der Waals surface area contributed by atoms with Crippen LogP contribution in [0.4, 0.5) is 14.6 Å². The van der Waals surface area contributed by atoms with Gasteiger partial charge in [0.2, 0.25) is 23.6 Å². The van der Waals surface area contributed by atoms with Gasteiger partial charge in [0.1, 0.15) is 41.3 Å². The van der Waals surface area contributed by atoms with Gasteiger partial charge in [-0.15, -0.1) is 17.8 Å². The van der Waals surface area contributed by atoms with Gasteiger partial charge in [0, 0.05) is 72.1 Å². The standard InChI is InChI=1S/C66H80F2N8O5S/c1-7-50-54(67)30-27-45-33-48(77)34-52(58(45)50)60-59(68)51-35-57(74-63(53(51)36-69-60)75-37-46-28-29-47(38-75)72-46)81-49-20-16-19-42(32-49)18-14-12-10-8-9-11-13-15-22-56(78)73-62(66(4,5)6)65(80)76-31-17-21-55(76)64(79)71-40(2)43-23-25-44(26-24-43)61-41(3)70-39-82-61/h1,23-27,30,33-36,39-40,42,46-47,49,55,62,72,77H,8-22,28-29,31-32,37-38H2,2-6H3,(H,71,79)(H,73,78)/t40-,42?,46?,47?,49?,55+,62-/m0/s1. The maximum Gasteiger partial charge on any atom is 0.246 e. The van der Waals surface area contributed by atoms with Gasteiger partial charge in [-0.1, -0.05) is 115 Å². The summed E-state index contributed by atoms with van der Waals surface area (Å²) in [7, 11) is 0. The van der Waals surface area contributed by atoms with Crippen molar-refractivity contribution in [2.24, 2.45) is 11.3 Å². The Hall–Kier alpha value is -6.70. The van der Waals surface area contributed by atoms with E-state index in [1.165, 1.54) is 24.3 Å². The number of terminal acetylenes is 1. The number of amides is 3. The number of unbranched alkanes of at least 4 members (excludes halogenated alkanes) is 7. The zero-order valence-corrected chi connectivity index (χ0v) is 49.1.